The number of rotatable bonds is 9. The summed E-state index contributed by atoms with van der Waals surface area (Å²) in [7, 11) is 0. The van der Waals surface area contributed by atoms with E-state index in [1.54, 1.807) is 0 Å². The Kier molecular flexibility index (Phi) is 7.71. The van der Waals surface area contributed by atoms with Gasteiger partial charge in [-0.1, -0.05) is 45.4 Å². The summed E-state index contributed by atoms with van der Waals surface area (Å²) < 4.78 is 2.44. The summed E-state index contributed by atoms with van der Waals surface area (Å²) in [5.74, 6) is 0. The van der Waals surface area contributed by atoms with Crippen molar-refractivity contribution >= 4 is 0 Å². The second kappa shape index (κ2) is 9.13. The molecule has 0 saturated carbocycles. The summed E-state index contributed by atoms with van der Waals surface area (Å²) in [6.07, 6.45) is 11.2. The number of nitrogens with zero attached hydrogens (tertiary/aromatic N) is 1. The molecule has 1 nitrogen and oxygen atoms in total. The summed E-state index contributed by atoms with van der Waals surface area (Å²) >= 11 is 0. The molecule has 0 aliphatic rings. The quantitative estimate of drug-likeness (QED) is 0.439. The first kappa shape index (κ1) is 15.2. The molecule has 0 radical (unpaired) electrons. The second-order valence-electron chi connectivity index (χ2n) is 5.44. The Labute approximate surface area is 113 Å². The van der Waals surface area contributed by atoms with Gasteiger partial charge in [0.15, 0.2) is 11.4 Å². The maximum absolute atomic E-state index is 2.44. The van der Waals surface area contributed by atoms with Crippen molar-refractivity contribution in [2.45, 2.75) is 78.7 Å². The van der Waals surface area contributed by atoms with Crippen molar-refractivity contribution in [3.05, 3.63) is 29.6 Å². The fourth-order valence-corrected chi connectivity index (χ4v) is 2.54. The molecule has 0 atom stereocenters. The van der Waals surface area contributed by atoms with Gasteiger partial charge in [0, 0.05) is 32.4 Å². The number of unbranched alkanes of at least 4 members (excludes halogenated alkanes) is 7. The molecule has 1 aromatic rings. The van der Waals surface area contributed by atoms with Crippen LogP contribution in [-0.2, 0) is 6.54 Å². The third kappa shape index (κ3) is 5.66. The number of pyridine rings is 1. The summed E-state index contributed by atoms with van der Waals surface area (Å²) in [6.45, 7) is 7.88. The Balaban J connectivity index is 2.11. The highest BCUT2D eigenvalue weighted by atomic mass is 15.0. The lowest BCUT2D eigenvalue weighted by Crippen LogP contribution is -2.40. The van der Waals surface area contributed by atoms with Gasteiger partial charge in [0.2, 0.25) is 0 Å². The topological polar surface area (TPSA) is 3.88 Å². The summed E-state index contributed by atoms with van der Waals surface area (Å²) in [5, 5.41) is 0. The van der Waals surface area contributed by atoms with Crippen molar-refractivity contribution in [2.24, 2.45) is 0 Å². The molecule has 0 aromatic carbocycles. The summed E-state index contributed by atoms with van der Waals surface area (Å²) in [6, 6.07) is 6.56. The maximum atomic E-state index is 2.44. The molecule has 1 heteroatoms. The smallest absolute Gasteiger partial charge is 0.178 e. The minimum atomic E-state index is 1.19. The van der Waals surface area contributed by atoms with Crippen molar-refractivity contribution in [3.8, 4) is 0 Å². The van der Waals surface area contributed by atoms with Crippen molar-refractivity contribution in [2.75, 3.05) is 0 Å². The molecule has 0 saturated heterocycles. The molecular weight excluding hydrogens is 218 g/mol. The molecule has 0 spiro atoms. The van der Waals surface area contributed by atoms with Gasteiger partial charge in [-0.2, -0.15) is 0 Å². The van der Waals surface area contributed by atoms with E-state index < -0.39 is 0 Å². The first-order valence-corrected chi connectivity index (χ1v) is 7.71. The van der Waals surface area contributed by atoms with Gasteiger partial charge in [-0.05, 0) is 12.5 Å². The van der Waals surface area contributed by atoms with Crippen LogP contribution >= 0.6 is 0 Å². The second-order valence-corrected chi connectivity index (χ2v) is 5.44. The largest absolute Gasteiger partial charge is 0.200 e. The normalized spacial score (nSPS) is 10.8. The van der Waals surface area contributed by atoms with Gasteiger partial charge in [0.1, 0.15) is 6.54 Å². The number of aryl methyl sites for hydroxylation is 2. The van der Waals surface area contributed by atoms with Crippen LogP contribution in [0.4, 0.5) is 0 Å². The maximum Gasteiger partial charge on any atom is 0.178 e. The van der Waals surface area contributed by atoms with Crippen LogP contribution in [0.5, 0.6) is 0 Å². The van der Waals surface area contributed by atoms with E-state index in [1.165, 1.54) is 69.3 Å². The van der Waals surface area contributed by atoms with E-state index in [9.17, 15) is 0 Å². The van der Waals surface area contributed by atoms with Gasteiger partial charge in [0.05, 0.1) is 0 Å². The molecule has 0 aliphatic heterocycles. The molecule has 102 valence electrons. The number of hydrogen-bond donors (Lipinski definition) is 0. The summed E-state index contributed by atoms with van der Waals surface area (Å²) in [4.78, 5) is 0. The molecule has 0 amide bonds. The van der Waals surface area contributed by atoms with Crippen LogP contribution in [0.2, 0.25) is 0 Å². The van der Waals surface area contributed by atoms with Crippen molar-refractivity contribution in [1.82, 2.24) is 0 Å². The average Bonchev–Trinajstić information content (AvgIpc) is 2.35. The molecule has 1 aromatic heterocycles. The first-order chi connectivity index (χ1) is 8.75. The monoisotopic (exact) mass is 248 g/mol. The predicted molar refractivity (Wildman–Crippen MR) is 78.7 cm³/mol. The Morgan fingerprint density at radius 1 is 0.778 bits per heavy atom. The highest BCUT2D eigenvalue weighted by Gasteiger charge is 2.08. The van der Waals surface area contributed by atoms with Gasteiger partial charge >= 0.3 is 0 Å². The van der Waals surface area contributed by atoms with Gasteiger partial charge in [-0.3, -0.25) is 0 Å². The minimum Gasteiger partial charge on any atom is -0.200 e. The van der Waals surface area contributed by atoms with Crippen molar-refractivity contribution < 1.29 is 4.57 Å². The molecule has 18 heavy (non-hydrogen) atoms. The zero-order valence-electron chi connectivity index (χ0n) is 12.5. The first-order valence-electron chi connectivity index (χ1n) is 7.71. The van der Waals surface area contributed by atoms with Crippen LogP contribution in [0, 0.1) is 13.8 Å². The zero-order valence-corrected chi connectivity index (χ0v) is 12.5. The van der Waals surface area contributed by atoms with E-state index in [1.807, 2.05) is 0 Å². The molecular formula is C17H30N+. The van der Waals surface area contributed by atoms with E-state index >= 15 is 0 Å². The lowest BCUT2D eigenvalue weighted by Gasteiger charge is -2.04. The van der Waals surface area contributed by atoms with E-state index in [4.69, 9.17) is 0 Å². The Morgan fingerprint density at radius 2 is 1.28 bits per heavy atom. The highest BCUT2D eigenvalue weighted by molar-refractivity contribution is 5.00. The van der Waals surface area contributed by atoms with Crippen LogP contribution in [-0.4, -0.2) is 0 Å². The van der Waals surface area contributed by atoms with Crippen LogP contribution in [0.1, 0.15) is 69.7 Å². The standard InChI is InChI=1S/C17H30N/c1-4-5-6-7-8-9-10-11-15-18-16(2)13-12-14-17(18)3/h12-14H,4-11,15H2,1-3H3/q+1. The highest BCUT2D eigenvalue weighted by Crippen LogP contribution is 2.08. The van der Waals surface area contributed by atoms with Crippen molar-refractivity contribution in [3.63, 3.8) is 0 Å². The van der Waals surface area contributed by atoms with Crippen molar-refractivity contribution in [1.29, 1.82) is 0 Å². The molecule has 0 fully saturated rings. The molecule has 0 unspecified atom stereocenters. The lowest BCUT2D eigenvalue weighted by molar-refractivity contribution is -0.709. The molecule has 0 aliphatic carbocycles. The van der Waals surface area contributed by atoms with Crippen LogP contribution in [0.3, 0.4) is 0 Å². The minimum absolute atomic E-state index is 1.19. The van der Waals surface area contributed by atoms with Crippen LogP contribution in [0.25, 0.3) is 0 Å². The van der Waals surface area contributed by atoms with E-state index in [0.717, 1.165) is 0 Å². The van der Waals surface area contributed by atoms with E-state index in [0.29, 0.717) is 0 Å². The predicted octanol–water partition coefficient (Wildman–Crippen LogP) is 4.73. The molecule has 1 rings (SSSR count). The Bertz CT molecular complexity index is 310. The van der Waals surface area contributed by atoms with E-state index in [2.05, 4.69) is 43.5 Å². The Morgan fingerprint density at radius 3 is 1.83 bits per heavy atom. The summed E-state index contributed by atoms with van der Waals surface area (Å²) in [5.41, 5.74) is 2.77. The van der Waals surface area contributed by atoms with Crippen LogP contribution < -0.4 is 4.57 Å². The third-order valence-electron chi connectivity index (χ3n) is 3.76. The van der Waals surface area contributed by atoms with Gasteiger partial charge in [0.25, 0.3) is 0 Å². The average molecular weight is 248 g/mol. The zero-order chi connectivity index (χ0) is 13.2. The van der Waals surface area contributed by atoms with Gasteiger partial charge in [-0.25, -0.2) is 4.57 Å². The third-order valence-corrected chi connectivity index (χ3v) is 3.76. The van der Waals surface area contributed by atoms with E-state index in [-0.39, 0.29) is 0 Å². The number of aromatic nitrogens is 1. The number of hydrogen-bond acceptors (Lipinski definition) is 0. The Hall–Kier alpha value is -0.850. The SMILES string of the molecule is CCCCCCCCCC[n+]1c(C)cccc1C. The van der Waals surface area contributed by atoms with Crippen LogP contribution in [0.15, 0.2) is 18.2 Å². The lowest BCUT2D eigenvalue weighted by atomic mass is 10.1. The van der Waals surface area contributed by atoms with Gasteiger partial charge in [-0.15, -0.1) is 0 Å². The molecule has 0 N–H and O–H groups in total. The fourth-order valence-electron chi connectivity index (χ4n) is 2.54. The molecule has 0 bridgehead atoms. The molecule has 1 heterocycles. The fraction of sp³-hybridized carbons (Fsp3) is 0.706. The van der Waals surface area contributed by atoms with Gasteiger partial charge < -0.3 is 0 Å².